The first-order valence-electron chi connectivity index (χ1n) is 2.13. The summed E-state index contributed by atoms with van der Waals surface area (Å²) < 4.78 is 7.52. The lowest BCUT2D eigenvalue weighted by molar-refractivity contribution is -0.107. The van der Waals surface area contributed by atoms with Crippen LogP contribution in [-0.2, 0) is 11.2 Å². The van der Waals surface area contributed by atoms with E-state index < -0.39 is 0 Å². The van der Waals surface area contributed by atoms with Crippen molar-refractivity contribution in [3.63, 3.8) is 0 Å². The Balaban J connectivity index is 2.62. The van der Waals surface area contributed by atoms with E-state index in [1.807, 2.05) is 0 Å². The minimum absolute atomic E-state index is 0.385. The molecule has 0 unspecified atom stereocenters. The second-order valence-corrected chi connectivity index (χ2v) is 1.83. The normalized spacial score (nSPS) is 9.00. The van der Waals surface area contributed by atoms with Crippen LogP contribution in [0.15, 0.2) is 6.20 Å². The molecule has 0 atom stereocenters. The molecule has 0 aliphatic heterocycles. The van der Waals surface area contributed by atoms with Crippen molar-refractivity contribution >= 4 is 18.0 Å². The molecule has 0 radical (unpaired) electrons. The van der Waals surface area contributed by atoms with E-state index in [1.165, 1.54) is 0 Å². The number of nitrogens with zero attached hydrogens (tertiary/aromatic N) is 2. The first kappa shape index (κ1) is 5.37. The van der Waals surface area contributed by atoms with Gasteiger partial charge < -0.3 is 4.79 Å². The highest BCUT2D eigenvalue weighted by Crippen LogP contribution is 1.92. The predicted octanol–water partition coefficient (Wildman–Crippen LogP) is 0.280. The zero-order valence-corrected chi connectivity index (χ0v) is 4.89. The van der Waals surface area contributed by atoms with Crippen molar-refractivity contribution in [2.24, 2.45) is 0 Å². The van der Waals surface area contributed by atoms with Crippen molar-refractivity contribution in [1.29, 1.82) is 0 Å². The molecular weight excluding hydrogens is 124 g/mol. The standard InChI is InChI=1S/C4H4N2OS/c7-2-1-4-3-5-8-6-4/h2-3H,1H2. The van der Waals surface area contributed by atoms with Crippen LogP contribution in [-0.4, -0.2) is 15.0 Å². The molecule has 0 aliphatic rings. The Labute approximate surface area is 50.7 Å². The third-order valence-corrected chi connectivity index (χ3v) is 1.22. The Morgan fingerprint density at radius 3 is 3.25 bits per heavy atom. The van der Waals surface area contributed by atoms with Gasteiger partial charge in [0.05, 0.1) is 23.6 Å². The Morgan fingerprint density at radius 2 is 2.75 bits per heavy atom. The van der Waals surface area contributed by atoms with Crippen LogP contribution in [0.5, 0.6) is 0 Å². The molecule has 0 aromatic carbocycles. The molecule has 3 nitrogen and oxygen atoms in total. The lowest BCUT2D eigenvalue weighted by Crippen LogP contribution is -1.82. The van der Waals surface area contributed by atoms with Gasteiger partial charge in [0.1, 0.15) is 6.29 Å². The van der Waals surface area contributed by atoms with Crippen LogP contribution in [0.25, 0.3) is 0 Å². The third-order valence-electron chi connectivity index (χ3n) is 0.699. The summed E-state index contributed by atoms with van der Waals surface area (Å²) in [7, 11) is 0. The van der Waals surface area contributed by atoms with E-state index in [9.17, 15) is 4.79 Å². The highest BCUT2D eigenvalue weighted by atomic mass is 32.1. The van der Waals surface area contributed by atoms with Crippen molar-refractivity contribution < 1.29 is 4.79 Å². The van der Waals surface area contributed by atoms with Gasteiger partial charge in [0.25, 0.3) is 0 Å². The quantitative estimate of drug-likeness (QED) is 0.537. The van der Waals surface area contributed by atoms with Crippen molar-refractivity contribution in [2.75, 3.05) is 0 Å². The topological polar surface area (TPSA) is 42.9 Å². The van der Waals surface area contributed by atoms with Gasteiger partial charge in [0.15, 0.2) is 0 Å². The molecule has 0 bridgehead atoms. The van der Waals surface area contributed by atoms with Gasteiger partial charge in [-0.15, -0.1) is 0 Å². The second-order valence-electron chi connectivity index (χ2n) is 1.27. The molecule has 42 valence electrons. The van der Waals surface area contributed by atoms with Gasteiger partial charge in [-0.05, 0) is 0 Å². The SMILES string of the molecule is O=CCc1cnsn1. The van der Waals surface area contributed by atoms with Gasteiger partial charge in [0, 0.05) is 6.42 Å². The summed E-state index contributed by atoms with van der Waals surface area (Å²) in [5.41, 5.74) is 0.755. The van der Waals surface area contributed by atoms with Gasteiger partial charge in [0.2, 0.25) is 0 Å². The lowest BCUT2D eigenvalue weighted by Gasteiger charge is -1.74. The number of carbonyl (C=O) groups excluding carboxylic acids is 1. The van der Waals surface area contributed by atoms with Gasteiger partial charge >= 0.3 is 0 Å². The maximum absolute atomic E-state index is 9.81. The Hall–Kier alpha value is -0.770. The van der Waals surface area contributed by atoms with Gasteiger partial charge in [-0.25, -0.2) is 0 Å². The first-order valence-corrected chi connectivity index (χ1v) is 2.86. The van der Waals surface area contributed by atoms with Crippen LogP contribution in [0.1, 0.15) is 5.69 Å². The number of carbonyl (C=O) groups is 1. The van der Waals surface area contributed by atoms with E-state index in [4.69, 9.17) is 0 Å². The third kappa shape index (κ3) is 1.10. The maximum atomic E-state index is 9.81. The Morgan fingerprint density at radius 1 is 1.88 bits per heavy atom. The number of aldehydes is 1. The molecule has 0 amide bonds. The molecule has 0 fully saturated rings. The second kappa shape index (κ2) is 2.52. The molecule has 0 N–H and O–H groups in total. The maximum Gasteiger partial charge on any atom is 0.126 e. The van der Waals surface area contributed by atoms with Crippen LogP contribution >= 0.6 is 11.7 Å². The summed E-state index contributed by atoms with van der Waals surface area (Å²) in [6.07, 6.45) is 2.80. The summed E-state index contributed by atoms with van der Waals surface area (Å²) in [5.74, 6) is 0. The molecule has 1 aromatic rings. The molecule has 0 saturated carbocycles. The zero-order valence-electron chi connectivity index (χ0n) is 4.07. The van der Waals surface area contributed by atoms with Crippen LogP contribution in [0, 0.1) is 0 Å². The van der Waals surface area contributed by atoms with Gasteiger partial charge in [-0.3, -0.25) is 0 Å². The minimum Gasteiger partial charge on any atom is -0.303 e. The summed E-state index contributed by atoms with van der Waals surface area (Å²) in [5, 5.41) is 0. The monoisotopic (exact) mass is 128 g/mol. The fourth-order valence-corrected chi connectivity index (χ4v) is 0.802. The van der Waals surface area contributed by atoms with Crippen molar-refractivity contribution in [2.45, 2.75) is 6.42 Å². The smallest absolute Gasteiger partial charge is 0.126 e. The molecule has 1 heterocycles. The first-order chi connectivity index (χ1) is 3.93. The molecule has 1 aromatic heterocycles. The van der Waals surface area contributed by atoms with Crippen LogP contribution < -0.4 is 0 Å². The summed E-state index contributed by atoms with van der Waals surface area (Å²) in [6, 6.07) is 0. The number of hydrogen-bond donors (Lipinski definition) is 0. The highest BCUT2D eigenvalue weighted by Gasteiger charge is 1.90. The highest BCUT2D eigenvalue weighted by molar-refractivity contribution is 6.99. The summed E-state index contributed by atoms with van der Waals surface area (Å²) >= 11 is 1.12. The predicted molar refractivity (Wildman–Crippen MR) is 29.7 cm³/mol. The Kier molecular flexibility index (Phi) is 1.69. The van der Waals surface area contributed by atoms with Crippen LogP contribution in [0.4, 0.5) is 0 Å². The van der Waals surface area contributed by atoms with Crippen molar-refractivity contribution in [3.05, 3.63) is 11.9 Å². The van der Waals surface area contributed by atoms with E-state index in [2.05, 4.69) is 8.75 Å². The van der Waals surface area contributed by atoms with Crippen LogP contribution in [0.3, 0.4) is 0 Å². The molecule has 0 saturated heterocycles. The zero-order chi connectivity index (χ0) is 5.82. The van der Waals surface area contributed by atoms with E-state index in [0.717, 1.165) is 23.7 Å². The molecule has 0 aliphatic carbocycles. The summed E-state index contributed by atoms with van der Waals surface area (Å²) in [4.78, 5) is 9.81. The molecular formula is C4H4N2OS. The van der Waals surface area contributed by atoms with Gasteiger partial charge in [-0.1, -0.05) is 0 Å². The number of hydrogen-bond acceptors (Lipinski definition) is 4. The van der Waals surface area contributed by atoms with Gasteiger partial charge in [-0.2, -0.15) is 8.75 Å². The van der Waals surface area contributed by atoms with Crippen molar-refractivity contribution in [3.8, 4) is 0 Å². The van der Waals surface area contributed by atoms with E-state index in [0.29, 0.717) is 6.42 Å². The Bertz CT molecular complexity index is 161. The average Bonchev–Trinajstić information content (AvgIpc) is 2.19. The fraction of sp³-hybridized carbons (Fsp3) is 0.250. The molecule has 8 heavy (non-hydrogen) atoms. The lowest BCUT2D eigenvalue weighted by atomic mass is 10.4. The fourth-order valence-electron chi connectivity index (χ4n) is 0.359. The molecule has 0 spiro atoms. The molecule has 1 rings (SSSR count). The van der Waals surface area contributed by atoms with E-state index in [-0.39, 0.29) is 0 Å². The largest absolute Gasteiger partial charge is 0.303 e. The molecule has 4 heteroatoms. The van der Waals surface area contributed by atoms with E-state index in [1.54, 1.807) is 6.20 Å². The van der Waals surface area contributed by atoms with E-state index >= 15 is 0 Å². The summed E-state index contributed by atoms with van der Waals surface area (Å²) in [6.45, 7) is 0. The number of rotatable bonds is 2. The van der Waals surface area contributed by atoms with Crippen molar-refractivity contribution in [1.82, 2.24) is 8.75 Å². The van der Waals surface area contributed by atoms with Crippen LogP contribution in [0.2, 0.25) is 0 Å². The minimum atomic E-state index is 0.385. The number of aromatic nitrogens is 2. The average molecular weight is 128 g/mol.